The van der Waals surface area contributed by atoms with E-state index in [9.17, 15) is 4.79 Å². The van der Waals surface area contributed by atoms with Crippen molar-refractivity contribution in [3.63, 3.8) is 0 Å². The number of nitrogens with one attached hydrogen (secondary N) is 1. The lowest BCUT2D eigenvalue weighted by molar-refractivity contribution is 0.0781. The van der Waals surface area contributed by atoms with Gasteiger partial charge in [0.15, 0.2) is 0 Å². The average molecular weight is 263 g/mol. The van der Waals surface area contributed by atoms with E-state index < -0.39 is 0 Å². The van der Waals surface area contributed by atoms with Crippen LogP contribution in [0.25, 0.3) is 0 Å². The Labute approximate surface area is 114 Å². The Morgan fingerprint density at radius 2 is 2.11 bits per heavy atom. The van der Waals surface area contributed by atoms with Gasteiger partial charge in [-0.3, -0.25) is 0 Å². The number of nitrogens with zero attached hydrogens (tertiary/aromatic N) is 2. The highest BCUT2D eigenvalue weighted by molar-refractivity contribution is 5.68. The molecule has 0 saturated heterocycles. The molecule has 1 aromatic rings. The summed E-state index contributed by atoms with van der Waals surface area (Å²) in [5, 5.41) is 3.04. The summed E-state index contributed by atoms with van der Waals surface area (Å²) in [5.74, 6) is 0.872. The van der Waals surface area contributed by atoms with Gasteiger partial charge in [0, 0.05) is 32.3 Å². The van der Waals surface area contributed by atoms with Gasteiger partial charge in [0.25, 0.3) is 0 Å². The number of pyridine rings is 1. The Morgan fingerprint density at radius 3 is 2.79 bits per heavy atom. The van der Waals surface area contributed by atoms with E-state index in [4.69, 9.17) is 4.74 Å². The number of hydrogen-bond donors (Lipinski definition) is 1. The second-order valence-corrected chi connectivity index (χ2v) is 4.97. The minimum Gasteiger partial charge on any atom is -0.447 e. The maximum absolute atomic E-state index is 11.9. The molecule has 0 aromatic carbocycles. The molecule has 1 aliphatic rings. The van der Waals surface area contributed by atoms with E-state index in [-0.39, 0.29) is 12.2 Å². The molecule has 0 fully saturated rings. The minimum atomic E-state index is -0.225. The Bertz CT molecular complexity index is 460. The summed E-state index contributed by atoms with van der Waals surface area (Å²) in [6.45, 7) is 5.09. The third kappa shape index (κ3) is 3.36. The van der Waals surface area contributed by atoms with Crippen molar-refractivity contribution in [3.8, 4) is 0 Å². The lowest BCUT2D eigenvalue weighted by Crippen LogP contribution is -2.35. The molecule has 0 unspecified atom stereocenters. The Morgan fingerprint density at radius 1 is 1.37 bits per heavy atom. The van der Waals surface area contributed by atoms with Crippen molar-refractivity contribution in [3.05, 3.63) is 23.4 Å². The molecule has 5 heteroatoms. The first-order valence-electron chi connectivity index (χ1n) is 6.72. The first-order chi connectivity index (χ1) is 9.10. The van der Waals surface area contributed by atoms with Crippen LogP contribution in [0.5, 0.6) is 0 Å². The lowest BCUT2D eigenvalue weighted by atomic mass is 10.1. The van der Waals surface area contributed by atoms with Crippen molar-refractivity contribution in [1.82, 2.24) is 9.88 Å². The maximum Gasteiger partial charge on any atom is 0.410 e. The van der Waals surface area contributed by atoms with Crippen LogP contribution in [0.15, 0.2) is 12.1 Å². The van der Waals surface area contributed by atoms with E-state index in [2.05, 4.69) is 16.4 Å². The van der Waals surface area contributed by atoms with E-state index in [1.807, 2.05) is 27.0 Å². The Hall–Kier alpha value is -1.78. The SMILES string of the molecule is CNc1ccc2c(n1)CCN(C(=O)OC(C)C)CC2. The summed E-state index contributed by atoms with van der Waals surface area (Å²) < 4.78 is 5.24. The van der Waals surface area contributed by atoms with Gasteiger partial charge in [-0.2, -0.15) is 0 Å². The normalized spacial score (nSPS) is 14.8. The van der Waals surface area contributed by atoms with Crippen LogP contribution in [0, 0.1) is 0 Å². The number of hydrogen-bond acceptors (Lipinski definition) is 4. The van der Waals surface area contributed by atoms with Crippen molar-refractivity contribution in [2.45, 2.75) is 32.8 Å². The zero-order valence-corrected chi connectivity index (χ0v) is 11.8. The van der Waals surface area contributed by atoms with Crippen LogP contribution in [0.2, 0.25) is 0 Å². The topological polar surface area (TPSA) is 54.5 Å². The predicted octanol–water partition coefficient (Wildman–Crippen LogP) is 2.07. The molecule has 0 aliphatic carbocycles. The molecule has 19 heavy (non-hydrogen) atoms. The van der Waals surface area contributed by atoms with Crippen LogP contribution >= 0.6 is 0 Å². The van der Waals surface area contributed by atoms with E-state index in [0.717, 1.165) is 24.4 Å². The summed E-state index contributed by atoms with van der Waals surface area (Å²) in [6.07, 6.45) is 1.31. The third-order valence-corrected chi connectivity index (χ3v) is 3.19. The smallest absolute Gasteiger partial charge is 0.410 e. The molecule has 5 nitrogen and oxygen atoms in total. The first kappa shape index (κ1) is 13.6. The second-order valence-electron chi connectivity index (χ2n) is 4.97. The summed E-state index contributed by atoms with van der Waals surface area (Å²) in [7, 11) is 1.86. The van der Waals surface area contributed by atoms with Gasteiger partial charge in [0.1, 0.15) is 5.82 Å². The summed E-state index contributed by atoms with van der Waals surface area (Å²) >= 11 is 0. The van der Waals surface area contributed by atoms with Crippen LogP contribution < -0.4 is 5.32 Å². The maximum atomic E-state index is 11.9. The number of ether oxygens (including phenoxy) is 1. The van der Waals surface area contributed by atoms with E-state index in [0.29, 0.717) is 13.1 Å². The quantitative estimate of drug-likeness (QED) is 0.887. The van der Waals surface area contributed by atoms with Gasteiger partial charge in [-0.15, -0.1) is 0 Å². The van der Waals surface area contributed by atoms with Crippen LogP contribution in [0.3, 0.4) is 0 Å². The first-order valence-corrected chi connectivity index (χ1v) is 6.72. The number of rotatable bonds is 2. The van der Waals surface area contributed by atoms with Crippen LogP contribution in [0.1, 0.15) is 25.1 Å². The zero-order chi connectivity index (χ0) is 13.8. The molecule has 1 N–H and O–H groups in total. The molecule has 2 rings (SSSR count). The fourth-order valence-corrected chi connectivity index (χ4v) is 2.18. The fraction of sp³-hybridized carbons (Fsp3) is 0.571. The fourth-order valence-electron chi connectivity index (χ4n) is 2.18. The van der Waals surface area contributed by atoms with Crippen molar-refractivity contribution in [1.29, 1.82) is 0 Å². The number of fused-ring (bicyclic) bond motifs is 1. The summed E-state index contributed by atoms with van der Waals surface area (Å²) in [6, 6.07) is 4.06. The number of anilines is 1. The van der Waals surface area contributed by atoms with Crippen molar-refractivity contribution >= 4 is 11.9 Å². The number of carbonyl (C=O) groups is 1. The highest BCUT2D eigenvalue weighted by Crippen LogP contribution is 2.17. The molecular weight excluding hydrogens is 242 g/mol. The zero-order valence-electron chi connectivity index (χ0n) is 11.8. The van der Waals surface area contributed by atoms with Gasteiger partial charge in [-0.25, -0.2) is 9.78 Å². The molecule has 1 aliphatic heterocycles. The van der Waals surface area contributed by atoms with E-state index in [1.54, 1.807) is 4.90 Å². The van der Waals surface area contributed by atoms with Crippen molar-refractivity contribution < 1.29 is 9.53 Å². The van der Waals surface area contributed by atoms with Gasteiger partial charge in [0.05, 0.1) is 6.10 Å². The monoisotopic (exact) mass is 263 g/mol. The van der Waals surface area contributed by atoms with E-state index in [1.165, 1.54) is 5.56 Å². The average Bonchev–Trinajstić information content (AvgIpc) is 2.59. The van der Waals surface area contributed by atoms with Crippen molar-refractivity contribution in [2.24, 2.45) is 0 Å². The Kier molecular flexibility index (Phi) is 4.24. The molecule has 0 radical (unpaired) electrons. The van der Waals surface area contributed by atoms with E-state index >= 15 is 0 Å². The lowest BCUT2D eigenvalue weighted by Gasteiger charge is -2.20. The molecular formula is C14H21N3O2. The standard InChI is InChI=1S/C14H21N3O2/c1-10(2)19-14(18)17-8-6-11-4-5-13(15-3)16-12(11)7-9-17/h4-5,10H,6-9H2,1-3H3,(H,15,16). The predicted molar refractivity (Wildman–Crippen MR) is 74.4 cm³/mol. The molecule has 1 aromatic heterocycles. The molecule has 1 amide bonds. The molecule has 0 atom stereocenters. The third-order valence-electron chi connectivity index (χ3n) is 3.19. The molecule has 0 bridgehead atoms. The van der Waals surface area contributed by atoms with Gasteiger partial charge < -0.3 is 15.0 Å². The number of amides is 1. The van der Waals surface area contributed by atoms with Crippen molar-refractivity contribution in [2.75, 3.05) is 25.5 Å². The molecule has 2 heterocycles. The Balaban J connectivity index is 2.06. The summed E-state index contributed by atoms with van der Waals surface area (Å²) in [4.78, 5) is 18.2. The van der Waals surface area contributed by atoms with Gasteiger partial charge in [-0.05, 0) is 31.9 Å². The molecule has 0 saturated carbocycles. The molecule has 0 spiro atoms. The van der Waals surface area contributed by atoms with Gasteiger partial charge in [0.2, 0.25) is 0 Å². The van der Waals surface area contributed by atoms with Crippen LogP contribution in [-0.2, 0) is 17.6 Å². The van der Waals surface area contributed by atoms with Gasteiger partial charge in [-0.1, -0.05) is 6.07 Å². The second kappa shape index (κ2) is 5.91. The molecule has 104 valence electrons. The van der Waals surface area contributed by atoms with Crippen LogP contribution in [0.4, 0.5) is 10.6 Å². The highest BCUT2D eigenvalue weighted by atomic mass is 16.6. The van der Waals surface area contributed by atoms with Crippen LogP contribution in [-0.4, -0.2) is 42.2 Å². The van der Waals surface area contributed by atoms with Gasteiger partial charge >= 0.3 is 6.09 Å². The number of carbonyl (C=O) groups excluding carboxylic acids is 1. The number of aromatic nitrogens is 1. The minimum absolute atomic E-state index is 0.0767. The summed E-state index contributed by atoms with van der Waals surface area (Å²) in [5.41, 5.74) is 2.30. The largest absolute Gasteiger partial charge is 0.447 e. The highest BCUT2D eigenvalue weighted by Gasteiger charge is 2.21.